The molecule has 0 atom stereocenters. The molecule has 3 aromatic rings. The van der Waals surface area contributed by atoms with Gasteiger partial charge in [-0.05, 0) is 37.3 Å². The average Bonchev–Trinajstić information content (AvgIpc) is 2.86. The summed E-state index contributed by atoms with van der Waals surface area (Å²) in [5.74, 6) is 1.68. The van der Waals surface area contributed by atoms with E-state index in [0.717, 1.165) is 44.9 Å². The summed E-state index contributed by atoms with van der Waals surface area (Å²) < 4.78 is 8.42. The summed E-state index contributed by atoms with van der Waals surface area (Å²) in [6.45, 7) is 2.92. The van der Waals surface area contributed by atoms with Crippen LogP contribution in [0.4, 0.5) is 5.69 Å². The molecule has 0 aliphatic heterocycles. The fourth-order valence-electron chi connectivity index (χ4n) is 2.48. The molecule has 1 heterocycles. The second kappa shape index (κ2) is 5.41. The number of nitrogen functional groups attached to an aromatic ring is 1. The molecule has 0 spiro atoms. The van der Waals surface area contributed by atoms with Gasteiger partial charge in [-0.15, -0.1) is 0 Å². The van der Waals surface area contributed by atoms with E-state index in [1.54, 1.807) is 7.11 Å². The normalized spacial score (nSPS) is 11.0. The third-order valence-electron chi connectivity index (χ3n) is 3.53. The Morgan fingerprint density at radius 3 is 2.76 bits per heavy atom. The van der Waals surface area contributed by atoms with Crippen LogP contribution in [-0.4, -0.2) is 16.7 Å². The summed E-state index contributed by atoms with van der Waals surface area (Å²) in [4.78, 5) is 4.75. The number of halogens is 1. The van der Waals surface area contributed by atoms with Crippen LogP contribution >= 0.6 is 15.9 Å². The first kappa shape index (κ1) is 13.9. The van der Waals surface area contributed by atoms with Crippen LogP contribution in [0.15, 0.2) is 40.9 Å². The van der Waals surface area contributed by atoms with Crippen LogP contribution in [0.2, 0.25) is 0 Å². The minimum atomic E-state index is 0.718. The minimum absolute atomic E-state index is 0.718. The first-order valence-electron chi connectivity index (χ1n) is 6.73. The summed E-state index contributed by atoms with van der Waals surface area (Å²) in [5.41, 5.74) is 9.76. The van der Waals surface area contributed by atoms with E-state index in [4.69, 9.17) is 15.5 Å². The van der Waals surface area contributed by atoms with Crippen molar-refractivity contribution in [3.63, 3.8) is 0 Å². The molecule has 0 unspecified atom stereocenters. The van der Waals surface area contributed by atoms with Crippen LogP contribution in [0.5, 0.6) is 5.75 Å². The van der Waals surface area contributed by atoms with Gasteiger partial charge in [0.15, 0.2) is 0 Å². The number of nitrogens with two attached hydrogens (primary N) is 1. The van der Waals surface area contributed by atoms with Gasteiger partial charge in [-0.1, -0.05) is 15.9 Å². The lowest BCUT2D eigenvalue weighted by molar-refractivity contribution is 0.415. The Labute approximate surface area is 131 Å². The molecule has 2 aromatic carbocycles. The fraction of sp³-hybridized carbons (Fsp3) is 0.188. The second-order valence-electron chi connectivity index (χ2n) is 4.77. The predicted octanol–water partition coefficient (Wildman–Crippen LogP) is 4.08. The van der Waals surface area contributed by atoms with Crippen molar-refractivity contribution in [3.8, 4) is 17.1 Å². The Bertz CT molecular complexity index is 811. The third kappa shape index (κ3) is 2.38. The second-order valence-corrected chi connectivity index (χ2v) is 5.68. The largest absolute Gasteiger partial charge is 0.497 e. The zero-order chi connectivity index (χ0) is 15.0. The Hall–Kier alpha value is -2.01. The minimum Gasteiger partial charge on any atom is -0.497 e. The zero-order valence-corrected chi connectivity index (χ0v) is 13.5. The molecular weight excluding hydrogens is 330 g/mol. The van der Waals surface area contributed by atoms with Crippen molar-refractivity contribution in [1.29, 1.82) is 0 Å². The Kier molecular flexibility index (Phi) is 3.59. The van der Waals surface area contributed by atoms with Crippen molar-refractivity contribution in [2.75, 3.05) is 12.8 Å². The molecule has 0 aliphatic rings. The van der Waals surface area contributed by atoms with Crippen molar-refractivity contribution < 1.29 is 4.74 Å². The molecule has 0 aliphatic carbocycles. The number of hydrogen-bond donors (Lipinski definition) is 1. The van der Waals surface area contributed by atoms with Gasteiger partial charge >= 0.3 is 0 Å². The molecule has 0 fully saturated rings. The maximum Gasteiger partial charge on any atom is 0.143 e. The number of aromatic nitrogens is 2. The molecule has 108 valence electrons. The van der Waals surface area contributed by atoms with Crippen LogP contribution in [-0.2, 0) is 6.54 Å². The number of fused-ring (bicyclic) bond motifs is 1. The van der Waals surface area contributed by atoms with E-state index in [9.17, 15) is 0 Å². The number of benzene rings is 2. The lowest BCUT2D eigenvalue weighted by Gasteiger charge is -2.09. The number of anilines is 1. The standard InChI is InChI=1S/C16H16BrN3O/c1-3-20-15-7-5-11(21-2)9-14(15)19-16(20)12-8-10(17)4-6-13(12)18/h4-9H,3,18H2,1-2H3. The molecule has 0 radical (unpaired) electrons. The maximum absolute atomic E-state index is 6.12. The molecule has 2 N–H and O–H groups in total. The van der Waals surface area contributed by atoms with Gasteiger partial charge in [0.05, 0.1) is 18.1 Å². The zero-order valence-electron chi connectivity index (χ0n) is 11.9. The fourth-order valence-corrected chi connectivity index (χ4v) is 2.85. The molecule has 1 aromatic heterocycles. The van der Waals surface area contributed by atoms with Crippen molar-refractivity contribution in [3.05, 3.63) is 40.9 Å². The molecule has 0 saturated heterocycles. The lowest BCUT2D eigenvalue weighted by Crippen LogP contribution is -2.00. The van der Waals surface area contributed by atoms with Gasteiger partial charge in [-0.3, -0.25) is 0 Å². The van der Waals surface area contributed by atoms with E-state index >= 15 is 0 Å². The van der Waals surface area contributed by atoms with E-state index < -0.39 is 0 Å². The SMILES string of the molecule is CCn1c(-c2cc(Br)ccc2N)nc2cc(OC)ccc21. The number of hydrogen-bond acceptors (Lipinski definition) is 3. The quantitative estimate of drug-likeness (QED) is 0.727. The van der Waals surface area contributed by atoms with E-state index in [0.29, 0.717) is 0 Å². The first-order valence-corrected chi connectivity index (χ1v) is 7.53. The van der Waals surface area contributed by atoms with Gasteiger partial charge in [0.25, 0.3) is 0 Å². The molecular formula is C16H16BrN3O. The molecule has 21 heavy (non-hydrogen) atoms. The topological polar surface area (TPSA) is 53.1 Å². The number of aryl methyl sites for hydroxylation is 1. The Morgan fingerprint density at radius 2 is 2.05 bits per heavy atom. The Balaban J connectivity index is 2.29. The van der Waals surface area contributed by atoms with Crippen LogP contribution in [0.1, 0.15) is 6.92 Å². The Morgan fingerprint density at radius 1 is 1.24 bits per heavy atom. The predicted molar refractivity (Wildman–Crippen MR) is 89.5 cm³/mol. The number of ether oxygens (including phenoxy) is 1. The van der Waals surface area contributed by atoms with Crippen molar-refractivity contribution >= 4 is 32.7 Å². The number of methoxy groups -OCH3 is 1. The summed E-state index contributed by atoms with van der Waals surface area (Å²) in [6, 6.07) is 11.7. The highest BCUT2D eigenvalue weighted by Crippen LogP contribution is 2.32. The van der Waals surface area contributed by atoms with E-state index in [-0.39, 0.29) is 0 Å². The van der Waals surface area contributed by atoms with Gasteiger partial charge in [0.1, 0.15) is 11.6 Å². The summed E-state index contributed by atoms with van der Waals surface area (Å²) in [7, 11) is 1.66. The van der Waals surface area contributed by atoms with Crippen LogP contribution in [0, 0.1) is 0 Å². The summed E-state index contributed by atoms with van der Waals surface area (Å²) in [6.07, 6.45) is 0. The molecule has 5 heteroatoms. The van der Waals surface area contributed by atoms with Crippen molar-refractivity contribution in [2.24, 2.45) is 0 Å². The maximum atomic E-state index is 6.12. The van der Waals surface area contributed by atoms with Gasteiger partial charge in [-0.25, -0.2) is 4.98 Å². The van der Waals surface area contributed by atoms with E-state index in [1.165, 1.54) is 0 Å². The third-order valence-corrected chi connectivity index (χ3v) is 4.02. The highest BCUT2D eigenvalue weighted by atomic mass is 79.9. The molecule has 3 rings (SSSR count). The van der Waals surface area contributed by atoms with E-state index in [2.05, 4.69) is 27.4 Å². The molecule has 4 nitrogen and oxygen atoms in total. The first-order chi connectivity index (χ1) is 10.1. The number of nitrogens with zero attached hydrogens (tertiary/aromatic N) is 2. The van der Waals surface area contributed by atoms with Gasteiger partial charge in [0, 0.05) is 28.3 Å². The van der Waals surface area contributed by atoms with E-state index in [1.807, 2.05) is 36.4 Å². The highest BCUT2D eigenvalue weighted by molar-refractivity contribution is 9.10. The summed E-state index contributed by atoms with van der Waals surface area (Å²) in [5, 5.41) is 0. The average molecular weight is 346 g/mol. The molecule has 0 bridgehead atoms. The van der Waals surface area contributed by atoms with Crippen LogP contribution in [0.25, 0.3) is 22.4 Å². The number of imidazole rings is 1. The smallest absolute Gasteiger partial charge is 0.143 e. The van der Waals surface area contributed by atoms with Crippen molar-refractivity contribution in [1.82, 2.24) is 9.55 Å². The van der Waals surface area contributed by atoms with Crippen LogP contribution in [0.3, 0.4) is 0 Å². The molecule has 0 saturated carbocycles. The van der Waals surface area contributed by atoms with Gasteiger partial charge in [-0.2, -0.15) is 0 Å². The van der Waals surface area contributed by atoms with Gasteiger partial charge in [0.2, 0.25) is 0 Å². The molecule has 0 amide bonds. The number of rotatable bonds is 3. The van der Waals surface area contributed by atoms with Crippen molar-refractivity contribution in [2.45, 2.75) is 13.5 Å². The lowest BCUT2D eigenvalue weighted by atomic mass is 10.1. The van der Waals surface area contributed by atoms with Gasteiger partial charge < -0.3 is 15.0 Å². The monoisotopic (exact) mass is 345 g/mol. The highest BCUT2D eigenvalue weighted by Gasteiger charge is 2.14. The summed E-state index contributed by atoms with van der Waals surface area (Å²) >= 11 is 3.49. The van der Waals surface area contributed by atoms with Crippen LogP contribution < -0.4 is 10.5 Å².